The van der Waals surface area contributed by atoms with Gasteiger partial charge in [0.15, 0.2) is 0 Å². The van der Waals surface area contributed by atoms with Crippen LogP contribution in [0.5, 0.6) is 17.2 Å². The van der Waals surface area contributed by atoms with Gasteiger partial charge in [0.05, 0.1) is 12.2 Å². The van der Waals surface area contributed by atoms with Gasteiger partial charge in [0.25, 0.3) is 0 Å². The second-order valence-electron chi connectivity index (χ2n) is 8.91. The van der Waals surface area contributed by atoms with Crippen LogP contribution >= 0.6 is 0 Å². The number of ether oxygens (including phenoxy) is 2. The molecule has 0 saturated carbocycles. The van der Waals surface area contributed by atoms with Crippen molar-refractivity contribution in [2.75, 3.05) is 6.61 Å². The number of aryl methyl sites for hydroxylation is 1. The molecule has 1 unspecified atom stereocenters. The Labute approximate surface area is 189 Å². The first-order valence-electron chi connectivity index (χ1n) is 11.0. The molecule has 0 spiro atoms. The molecule has 0 fully saturated rings. The summed E-state index contributed by atoms with van der Waals surface area (Å²) < 4.78 is 11.0. The van der Waals surface area contributed by atoms with Crippen LogP contribution in [0.1, 0.15) is 47.6 Å². The lowest BCUT2D eigenvalue weighted by Gasteiger charge is -2.29. The maximum atomic E-state index is 10.6. The highest BCUT2D eigenvalue weighted by molar-refractivity contribution is 5.68. The fourth-order valence-electron chi connectivity index (χ4n) is 3.88. The minimum Gasteiger partial charge on any atom is -0.507 e. The summed E-state index contributed by atoms with van der Waals surface area (Å²) in [5.41, 5.74) is 4.77. The first kappa shape index (κ1) is 22.0. The van der Waals surface area contributed by atoms with Gasteiger partial charge in [-0.3, -0.25) is 0 Å². The highest BCUT2D eigenvalue weighted by Crippen LogP contribution is 2.39. The molecule has 3 aromatic rings. The molecule has 0 aliphatic carbocycles. The van der Waals surface area contributed by atoms with Crippen molar-refractivity contribution in [1.82, 2.24) is 0 Å². The molecule has 166 valence electrons. The first-order chi connectivity index (χ1) is 15.4. The molecule has 32 heavy (non-hydrogen) atoms. The number of phenols is 1. The van der Waals surface area contributed by atoms with E-state index in [9.17, 15) is 10.2 Å². The highest BCUT2D eigenvalue weighted by atomic mass is 16.5. The third kappa shape index (κ3) is 4.81. The zero-order valence-electron chi connectivity index (χ0n) is 18.8. The van der Waals surface area contributed by atoms with Crippen molar-refractivity contribution >= 4 is 6.08 Å². The lowest BCUT2D eigenvalue weighted by Crippen LogP contribution is -2.27. The minimum absolute atomic E-state index is 0.0406. The SMILES string of the molecule is Cc1ccc(C(CO)Cc2ccc3c(c2O)C=CC(C)(C)O3)cc1.c1ccc2c(c1)CO2. The number of aliphatic hydroxyl groups excluding tert-OH is 1. The Morgan fingerprint density at radius 2 is 1.72 bits per heavy atom. The van der Waals surface area contributed by atoms with Crippen molar-refractivity contribution in [3.05, 3.63) is 94.6 Å². The van der Waals surface area contributed by atoms with Gasteiger partial charge in [-0.25, -0.2) is 0 Å². The summed E-state index contributed by atoms with van der Waals surface area (Å²) in [5, 5.41) is 20.4. The molecule has 2 N–H and O–H groups in total. The highest BCUT2D eigenvalue weighted by Gasteiger charge is 2.25. The van der Waals surface area contributed by atoms with Crippen LogP contribution in [0.4, 0.5) is 0 Å². The summed E-state index contributed by atoms with van der Waals surface area (Å²) in [6.45, 7) is 6.85. The van der Waals surface area contributed by atoms with Crippen LogP contribution in [-0.2, 0) is 13.0 Å². The van der Waals surface area contributed by atoms with Crippen LogP contribution in [-0.4, -0.2) is 22.4 Å². The van der Waals surface area contributed by atoms with Gasteiger partial charge in [-0.2, -0.15) is 0 Å². The quantitative estimate of drug-likeness (QED) is 0.551. The van der Waals surface area contributed by atoms with Gasteiger partial charge in [-0.1, -0.05) is 54.1 Å². The maximum Gasteiger partial charge on any atom is 0.131 e. The van der Waals surface area contributed by atoms with E-state index in [1.165, 1.54) is 11.1 Å². The number of benzene rings is 3. The van der Waals surface area contributed by atoms with Crippen LogP contribution in [0.2, 0.25) is 0 Å². The Bertz CT molecular complexity index is 1090. The van der Waals surface area contributed by atoms with E-state index in [-0.39, 0.29) is 23.9 Å². The van der Waals surface area contributed by atoms with Crippen molar-refractivity contribution in [1.29, 1.82) is 0 Å². The monoisotopic (exact) mass is 430 g/mol. The molecular weight excluding hydrogens is 400 g/mol. The Morgan fingerprint density at radius 1 is 0.969 bits per heavy atom. The molecule has 4 nitrogen and oxygen atoms in total. The topological polar surface area (TPSA) is 58.9 Å². The third-order valence-electron chi connectivity index (χ3n) is 5.88. The zero-order valence-corrected chi connectivity index (χ0v) is 18.8. The second-order valence-corrected chi connectivity index (χ2v) is 8.91. The summed E-state index contributed by atoms with van der Waals surface area (Å²) >= 11 is 0. The predicted octanol–water partition coefficient (Wildman–Crippen LogP) is 5.78. The predicted molar refractivity (Wildman–Crippen MR) is 127 cm³/mol. The van der Waals surface area contributed by atoms with Crippen molar-refractivity contribution in [2.24, 2.45) is 0 Å². The standard InChI is InChI=1S/C21H24O3.C7H6O/c1-14-4-6-15(7-5-14)17(13-22)12-16-8-9-19-18(20(16)23)10-11-21(2,3)24-19;1-2-4-7-6(3-1)5-8-7/h4-11,17,22-23H,12-13H2,1-3H3;1-4H,5H2. The molecule has 2 aliphatic heterocycles. The average Bonchev–Trinajstić information content (AvgIpc) is 2.75. The van der Waals surface area contributed by atoms with Gasteiger partial charge in [-0.15, -0.1) is 0 Å². The lowest BCUT2D eigenvalue weighted by atomic mass is 9.90. The van der Waals surface area contributed by atoms with Crippen molar-refractivity contribution in [2.45, 2.75) is 45.3 Å². The van der Waals surface area contributed by atoms with Gasteiger partial charge < -0.3 is 19.7 Å². The van der Waals surface area contributed by atoms with Crippen LogP contribution in [0.25, 0.3) is 6.08 Å². The number of hydrogen-bond acceptors (Lipinski definition) is 4. The van der Waals surface area contributed by atoms with Crippen molar-refractivity contribution in [3.8, 4) is 17.2 Å². The largest absolute Gasteiger partial charge is 0.507 e. The summed E-state index contributed by atoms with van der Waals surface area (Å²) in [6, 6.07) is 20.0. The van der Waals surface area contributed by atoms with Crippen LogP contribution in [0.15, 0.2) is 66.7 Å². The number of hydrogen-bond donors (Lipinski definition) is 2. The number of phenolic OH excluding ortho intramolecular Hbond substituents is 1. The third-order valence-corrected chi connectivity index (χ3v) is 5.88. The van der Waals surface area contributed by atoms with Gasteiger partial charge >= 0.3 is 0 Å². The number of para-hydroxylation sites is 1. The van der Waals surface area contributed by atoms with Crippen LogP contribution in [0, 0.1) is 6.92 Å². The van der Waals surface area contributed by atoms with Gasteiger partial charge in [0.1, 0.15) is 29.5 Å². The Balaban J connectivity index is 0.000000254. The van der Waals surface area contributed by atoms with E-state index in [4.69, 9.17) is 9.47 Å². The minimum atomic E-state index is -0.365. The van der Waals surface area contributed by atoms with Crippen molar-refractivity contribution in [3.63, 3.8) is 0 Å². The van der Waals surface area contributed by atoms with E-state index in [2.05, 4.69) is 6.07 Å². The summed E-state index contributed by atoms with van der Waals surface area (Å²) in [5.74, 6) is 1.94. The molecule has 0 bridgehead atoms. The maximum absolute atomic E-state index is 10.6. The lowest BCUT2D eigenvalue weighted by molar-refractivity contribution is 0.158. The molecule has 4 heteroatoms. The number of fused-ring (bicyclic) bond motifs is 2. The molecule has 0 aromatic heterocycles. The number of aliphatic hydroxyl groups is 1. The van der Waals surface area contributed by atoms with E-state index in [1.807, 2.05) is 87.5 Å². The summed E-state index contributed by atoms with van der Waals surface area (Å²) in [7, 11) is 0. The average molecular weight is 431 g/mol. The Kier molecular flexibility index (Phi) is 6.24. The van der Waals surface area contributed by atoms with Crippen LogP contribution < -0.4 is 9.47 Å². The molecule has 0 radical (unpaired) electrons. The molecule has 0 amide bonds. The molecule has 2 aliphatic rings. The Hall–Kier alpha value is -3.24. The molecule has 5 rings (SSSR count). The van der Waals surface area contributed by atoms with E-state index in [0.29, 0.717) is 17.7 Å². The fraction of sp³-hybridized carbons (Fsp3) is 0.286. The van der Waals surface area contributed by atoms with Gasteiger partial charge in [0, 0.05) is 11.5 Å². The fourth-order valence-corrected chi connectivity index (χ4v) is 3.88. The molecule has 1 atom stereocenters. The summed E-state index contributed by atoms with van der Waals surface area (Å²) in [4.78, 5) is 0. The number of rotatable bonds is 4. The normalized spacial score (nSPS) is 15.6. The van der Waals surface area contributed by atoms with Crippen LogP contribution in [0.3, 0.4) is 0 Å². The Morgan fingerprint density at radius 3 is 2.31 bits per heavy atom. The second kappa shape index (κ2) is 9.09. The van der Waals surface area contributed by atoms with E-state index in [1.54, 1.807) is 0 Å². The van der Waals surface area contributed by atoms with E-state index >= 15 is 0 Å². The molecule has 3 aromatic carbocycles. The number of aromatic hydroxyl groups is 1. The first-order valence-corrected chi connectivity index (χ1v) is 11.0. The smallest absolute Gasteiger partial charge is 0.131 e. The van der Waals surface area contributed by atoms with E-state index in [0.717, 1.165) is 23.5 Å². The van der Waals surface area contributed by atoms with Crippen molar-refractivity contribution < 1.29 is 19.7 Å². The summed E-state index contributed by atoms with van der Waals surface area (Å²) in [6.07, 6.45) is 4.44. The van der Waals surface area contributed by atoms with Gasteiger partial charge in [-0.05, 0) is 62.6 Å². The molecular formula is C28H30O4. The molecule has 2 heterocycles. The van der Waals surface area contributed by atoms with E-state index < -0.39 is 0 Å². The zero-order chi connectivity index (χ0) is 22.7. The molecule has 0 saturated heterocycles. The van der Waals surface area contributed by atoms with Gasteiger partial charge in [0.2, 0.25) is 0 Å².